The molecule has 0 unspecified atom stereocenters. The average molecular weight is 399 g/mol. The fourth-order valence-corrected chi connectivity index (χ4v) is 3.12. The molecule has 1 aliphatic heterocycles. The second kappa shape index (κ2) is 8.70. The minimum absolute atomic E-state index is 0.129. The number of hydrogen-bond donors (Lipinski definition) is 1. The first-order valence-electron chi connectivity index (χ1n) is 9.02. The normalized spacial score (nSPS) is 13.7. The van der Waals surface area contributed by atoms with Crippen LogP contribution in [0.25, 0.3) is 0 Å². The molecule has 0 bridgehead atoms. The summed E-state index contributed by atoms with van der Waals surface area (Å²) in [7, 11) is 1.29. The molecular formula is C20H21N3O6. The van der Waals surface area contributed by atoms with Gasteiger partial charge in [-0.05, 0) is 31.2 Å². The van der Waals surface area contributed by atoms with Crippen molar-refractivity contribution in [2.24, 2.45) is 0 Å². The molecule has 1 saturated heterocycles. The summed E-state index contributed by atoms with van der Waals surface area (Å²) in [5.74, 6) is -1.03. The van der Waals surface area contributed by atoms with Gasteiger partial charge in [0.2, 0.25) is 0 Å². The van der Waals surface area contributed by atoms with Gasteiger partial charge in [0.15, 0.2) is 0 Å². The van der Waals surface area contributed by atoms with Crippen molar-refractivity contribution in [3.05, 3.63) is 63.2 Å². The molecule has 152 valence electrons. The molecule has 3 rings (SSSR count). The fourth-order valence-electron chi connectivity index (χ4n) is 3.12. The van der Waals surface area contributed by atoms with Gasteiger partial charge in [-0.25, -0.2) is 4.79 Å². The van der Waals surface area contributed by atoms with E-state index < -0.39 is 16.8 Å². The van der Waals surface area contributed by atoms with E-state index in [4.69, 9.17) is 9.47 Å². The minimum atomic E-state index is -0.529. The maximum absolute atomic E-state index is 12.6. The zero-order chi connectivity index (χ0) is 21.0. The first-order valence-corrected chi connectivity index (χ1v) is 9.02. The van der Waals surface area contributed by atoms with Crippen LogP contribution in [0.1, 0.15) is 26.3 Å². The Labute approximate surface area is 167 Å². The predicted octanol–water partition coefficient (Wildman–Crippen LogP) is 2.78. The lowest BCUT2D eigenvalue weighted by Crippen LogP contribution is -2.37. The van der Waals surface area contributed by atoms with Crippen molar-refractivity contribution < 1.29 is 24.0 Å². The second-order valence-corrected chi connectivity index (χ2v) is 6.54. The number of morpholine rings is 1. The molecule has 2 aromatic rings. The Morgan fingerprint density at radius 2 is 1.90 bits per heavy atom. The molecule has 1 heterocycles. The van der Waals surface area contributed by atoms with Crippen molar-refractivity contribution >= 4 is 28.9 Å². The van der Waals surface area contributed by atoms with E-state index in [1.165, 1.54) is 31.4 Å². The summed E-state index contributed by atoms with van der Waals surface area (Å²) in [6.45, 7) is 4.01. The maximum atomic E-state index is 12.6. The standard InChI is InChI=1S/C20H21N3O6/c1-13-3-4-14(11-18(13)23(26)27)19(24)21-15-5-6-17(16(12-15)20(25)28-2)22-7-9-29-10-8-22/h3-6,11-12H,7-10H2,1-2H3,(H,21,24). The van der Waals surface area contributed by atoms with Gasteiger partial charge in [-0.15, -0.1) is 0 Å². The Kier molecular flexibility index (Phi) is 6.08. The fraction of sp³-hybridized carbons (Fsp3) is 0.300. The first kappa shape index (κ1) is 20.3. The number of nitrogens with zero attached hydrogens (tertiary/aromatic N) is 2. The number of esters is 1. The van der Waals surface area contributed by atoms with Gasteiger partial charge in [-0.3, -0.25) is 14.9 Å². The summed E-state index contributed by atoms with van der Waals surface area (Å²) < 4.78 is 10.2. The van der Waals surface area contributed by atoms with Crippen molar-refractivity contribution in [3.63, 3.8) is 0 Å². The van der Waals surface area contributed by atoms with E-state index in [1.807, 2.05) is 4.90 Å². The zero-order valence-corrected chi connectivity index (χ0v) is 16.1. The van der Waals surface area contributed by atoms with Crippen molar-refractivity contribution in [3.8, 4) is 0 Å². The third-order valence-electron chi connectivity index (χ3n) is 4.68. The molecule has 1 fully saturated rings. The van der Waals surface area contributed by atoms with Crippen LogP contribution in [0, 0.1) is 17.0 Å². The first-order chi connectivity index (χ1) is 13.9. The quantitative estimate of drug-likeness (QED) is 0.467. The molecule has 1 N–H and O–H groups in total. The van der Waals surface area contributed by atoms with Crippen LogP contribution in [0.15, 0.2) is 36.4 Å². The Morgan fingerprint density at radius 1 is 1.17 bits per heavy atom. The van der Waals surface area contributed by atoms with Gasteiger partial charge in [-0.1, -0.05) is 6.07 Å². The second-order valence-electron chi connectivity index (χ2n) is 6.54. The third kappa shape index (κ3) is 4.52. The van der Waals surface area contributed by atoms with Crippen LogP contribution < -0.4 is 10.2 Å². The number of nitro groups is 1. The topological polar surface area (TPSA) is 111 Å². The molecular weight excluding hydrogens is 378 g/mol. The van der Waals surface area contributed by atoms with Gasteiger partial charge in [0.05, 0.1) is 36.5 Å². The highest BCUT2D eigenvalue weighted by Gasteiger charge is 2.21. The number of carbonyl (C=O) groups excluding carboxylic acids is 2. The van der Waals surface area contributed by atoms with Gasteiger partial charge in [-0.2, -0.15) is 0 Å². The number of anilines is 2. The van der Waals surface area contributed by atoms with Gasteiger partial charge in [0.1, 0.15) is 0 Å². The van der Waals surface area contributed by atoms with E-state index >= 15 is 0 Å². The molecule has 0 aliphatic carbocycles. The molecule has 9 heteroatoms. The largest absolute Gasteiger partial charge is 0.465 e. The number of ether oxygens (including phenoxy) is 2. The van der Waals surface area contributed by atoms with Gasteiger partial charge < -0.3 is 19.7 Å². The Hall–Kier alpha value is -3.46. The highest BCUT2D eigenvalue weighted by Crippen LogP contribution is 2.27. The molecule has 1 aliphatic rings. The van der Waals surface area contributed by atoms with Crippen LogP contribution in [-0.2, 0) is 9.47 Å². The Bertz CT molecular complexity index is 953. The van der Waals surface area contributed by atoms with E-state index in [0.717, 1.165) is 0 Å². The molecule has 0 aromatic heterocycles. The molecule has 9 nitrogen and oxygen atoms in total. The number of amides is 1. The molecule has 0 atom stereocenters. The van der Waals surface area contributed by atoms with Crippen LogP contribution >= 0.6 is 0 Å². The maximum Gasteiger partial charge on any atom is 0.340 e. The average Bonchev–Trinajstić information content (AvgIpc) is 2.73. The molecule has 1 amide bonds. The zero-order valence-electron chi connectivity index (χ0n) is 16.1. The van der Waals surface area contributed by atoms with Crippen molar-refractivity contribution in [1.29, 1.82) is 0 Å². The van der Waals surface area contributed by atoms with E-state index in [9.17, 15) is 19.7 Å². The summed E-state index contributed by atoms with van der Waals surface area (Å²) in [5.41, 5.74) is 1.89. The number of nitrogens with one attached hydrogen (secondary N) is 1. The number of carbonyl (C=O) groups is 2. The van der Waals surface area contributed by atoms with E-state index in [0.29, 0.717) is 48.8 Å². The smallest absolute Gasteiger partial charge is 0.340 e. The summed E-state index contributed by atoms with van der Waals surface area (Å²) in [6.07, 6.45) is 0. The summed E-state index contributed by atoms with van der Waals surface area (Å²) in [4.78, 5) is 37.4. The number of aryl methyl sites for hydroxylation is 1. The van der Waals surface area contributed by atoms with Crippen molar-refractivity contribution in [1.82, 2.24) is 0 Å². The lowest BCUT2D eigenvalue weighted by Gasteiger charge is -2.30. The number of hydrogen-bond acceptors (Lipinski definition) is 7. The lowest BCUT2D eigenvalue weighted by molar-refractivity contribution is -0.385. The minimum Gasteiger partial charge on any atom is -0.465 e. The monoisotopic (exact) mass is 399 g/mol. The third-order valence-corrected chi connectivity index (χ3v) is 4.68. The number of benzene rings is 2. The van der Waals surface area contributed by atoms with Crippen LogP contribution in [0.3, 0.4) is 0 Å². The summed E-state index contributed by atoms with van der Waals surface area (Å²) in [6, 6.07) is 9.23. The number of methoxy groups -OCH3 is 1. The van der Waals surface area contributed by atoms with Crippen LogP contribution in [0.2, 0.25) is 0 Å². The SMILES string of the molecule is COC(=O)c1cc(NC(=O)c2ccc(C)c([N+](=O)[O-])c2)ccc1N1CCOCC1. The summed E-state index contributed by atoms with van der Waals surface area (Å²) >= 11 is 0. The van der Waals surface area contributed by atoms with Gasteiger partial charge in [0, 0.05) is 36.0 Å². The number of rotatable bonds is 5. The highest BCUT2D eigenvalue weighted by molar-refractivity contribution is 6.06. The Balaban J connectivity index is 1.87. The molecule has 2 aromatic carbocycles. The van der Waals surface area contributed by atoms with Gasteiger partial charge >= 0.3 is 5.97 Å². The highest BCUT2D eigenvalue weighted by atomic mass is 16.6. The van der Waals surface area contributed by atoms with Crippen molar-refractivity contribution in [2.45, 2.75) is 6.92 Å². The van der Waals surface area contributed by atoms with Crippen LogP contribution in [0.5, 0.6) is 0 Å². The van der Waals surface area contributed by atoms with Crippen molar-refractivity contribution in [2.75, 3.05) is 43.6 Å². The Morgan fingerprint density at radius 3 is 2.55 bits per heavy atom. The summed E-state index contributed by atoms with van der Waals surface area (Å²) in [5, 5.41) is 13.8. The molecule has 29 heavy (non-hydrogen) atoms. The van der Waals surface area contributed by atoms with Crippen LogP contribution in [-0.4, -0.2) is 50.2 Å². The predicted molar refractivity (Wildman–Crippen MR) is 107 cm³/mol. The molecule has 0 radical (unpaired) electrons. The van der Waals surface area contributed by atoms with E-state index in [1.54, 1.807) is 19.1 Å². The van der Waals surface area contributed by atoms with Gasteiger partial charge in [0.25, 0.3) is 11.6 Å². The van der Waals surface area contributed by atoms with E-state index in [2.05, 4.69) is 5.32 Å². The molecule has 0 saturated carbocycles. The molecule has 0 spiro atoms. The lowest BCUT2D eigenvalue weighted by atomic mass is 10.1. The van der Waals surface area contributed by atoms with E-state index in [-0.39, 0.29) is 11.3 Å². The van der Waals surface area contributed by atoms with Crippen LogP contribution in [0.4, 0.5) is 17.1 Å². The number of nitro benzene ring substituents is 1.